The maximum atomic E-state index is 9.52. The van der Waals surface area contributed by atoms with Crippen LogP contribution in [0.3, 0.4) is 0 Å². The van der Waals surface area contributed by atoms with Crippen molar-refractivity contribution in [1.82, 2.24) is 28.2 Å². The molecule has 0 saturated carbocycles. The molecule has 6 nitrogen and oxygen atoms in total. The van der Waals surface area contributed by atoms with E-state index in [4.69, 9.17) is 15.5 Å². The van der Waals surface area contributed by atoms with Gasteiger partial charge in [-0.05, 0) is 77.8 Å². The van der Waals surface area contributed by atoms with Gasteiger partial charge in [-0.1, -0.05) is 170 Å². The second-order valence-electron chi connectivity index (χ2n) is 17.5. The minimum Gasteiger partial charge on any atom is -0.309 e. The van der Waals surface area contributed by atoms with Crippen LogP contribution < -0.4 is 0 Å². The van der Waals surface area contributed by atoms with Crippen LogP contribution in [0.2, 0.25) is 0 Å². The number of nitrogens with zero attached hydrogens (tertiary/aromatic N) is 6. The Labute approximate surface area is 413 Å². The fourth-order valence-electron chi connectivity index (χ4n) is 11.0. The van der Waals surface area contributed by atoms with Gasteiger partial charge in [0.2, 0.25) is 5.95 Å². The number of rotatable bonds is 6. The molecule has 0 aliphatic heterocycles. The number of para-hydroxylation sites is 8. The third kappa shape index (κ3) is 5.56. The Balaban J connectivity index is 1.10. The van der Waals surface area contributed by atoms with E-state index in [1.54, 1.807) is 0 Å². The summed E-state index contributed by atoms with van der Waals surface area (Å²) < 4.78 is 81.2. The Morgan fingerprint density at radius 2 is 0.757 bits per heavy atom. The molecule has 6 heteroatoms. The molecule has 0 atom stereocenters. The van der Waals surface area contributed by atoms with Gasteiger partial charge in [0, 0.05) is 60.4 Å². The van der Waals surface area contributed by atoms with Crippen LogP contribution >= 0.6 is 0 Å². The maximum absolute atomic E-state index is 9.52. The lowest BCUT2D eigenvalue weighted by atomic mass is 9.95. The lowest BCUT2D eigenvalue weighted by Crippen LogP contribution is -2.09. The van der Waals surface area contributed by atoms with E-state index in [1.807, 2.05) is 72.8 Å². The summed E-state index contributed by atoms with van der Waals surface area (Å²) in [6.45, 7) is 0. The molecular weight excluding hydrogens is 853 g/mol. The van der Waals surface area contributed by atoms with Gasteiger partial charge in [-0.15, -0.1) is 0 Å². The van der Waals surface area contributed by atoms with Crippen molar-refractivity contribution in [2.24, 2.45) is 0 Å². The molecule has 0 spiro atoms. The lowest BCUT2D eigenvalue weighted by Gasteiger charge is -2.20. The third-order valence-electron chi connectivity index (χ3n) is 13.9. The zero-order chi connectivity index (χ0) is 52.8. The monoisotopic (exact) mass is 900 g/mol. The van der Waals surface area contributed by atoms with Crippen molar-refractivity contribution in [2.45, 2.75) is 0 Å². The summed E-state index contributed by atoms with van der Waals surface area (Å²) >= 11 is 0. The molecule has 0 aliphatic carbocycles. The summed E-state index contributed by atoms with van der Waals surface area (Å²) in [5.41, 5.74) is 10.3. The van der Waals surface area contributed by atoms with E-state index >= 15 is 0 Å². The first-order valence-corrected chi connectivity index (χ1v) is 23.2. The Morgan fingerprint density at radius 1 is 0.329 bits per heavy atom. The molecular formula is C64H40N6. The van der Waals surface area contributed by atoms with Crippen LogP contribution in [-0.4, -0.2) is 28.2 Å². The topological polar surface area (TPSA) is 45.5 Å². The third-order valence-corrected chi connectivity index (χ3v) is 13.9. The molecule has 0 bridgehead atoms. The average molecular weight is 901 g/mol. The van der Waals surface area contributed by atoms with Crippen molar-refractivity contribution in [1.29, 1.82) is 0 Å². The molecule has 70 heavy (non-hydrogen) atoms. The first-order valence-electron chi connectivity index (χ1n) is 27.2. The predicted molar refractivity (Wildman–Crippen MR) is 290 cm³/mol. The van der Waals surface area contributed by atoms with Gasteiger partial charge in [0.15, 0.2) is 0 Å². The van der Waals surface area contributed by atoms with E-state index in [0.29, 0.717) is 17.1 Å². The standard InChI is InChI=1S/C64H40N6/c1-9-27-53-44(18-1)45-19-2-10-28-54(45)67(53)42-38-36-41(37-39-42)43-26-17-35-61(68-55-29-11-3-20-46(55)47-21-4-12-30-56(47)68)63(43)52-40-62(69-57-31-13-5-22-48(57)49-23-6-14-32-58(49)69)66-64(65-52)70-59-33-15-7-24-50(59)51-25-8-16-34-60(51)70/h1-40H/i7D,8D,15D,16D,24D,25D,33D,34D. The molecule has 326 valence electrons. The fraction of sp³-hybridized carbons (Fsp3) is 0. The van der Waals surface area contributed by atoms with Gasteiger partial charge < -0.3 is 9.13 Å². The van der Waals surface area contributed by atoms with Crippen molar-refractivity contribution in [3.8, 4) is 45.5 Å². The number of hydrogen-bond donors (Lipinski definition) is 0. The van der Waals surface area contributed by atoms with E-state index in [1.165, 1.54) is 4.57 Å². The van der Waals surface area contributed by atoms with Crippen molar-refractivity contribution in [2.75, 3.05) is 0 Å². The van der Waals surface area contributed by atoms with Crippen molar-refractivity contribution >= 4 is 87.2 Å². The summed E-state index contributed by atoms with van der Waals surface area (Å²) in [5, 5.41) is 6.26. The molecule has 0 saturated heterocycles. The van der Waals surface area contributed by atoms with Gasteiger partial charge in [0.25, 0.3) is 0 Å². The summed E-state index contributed by atoms with van der Waals surface area (Å²) in [4.78, 5) is 10.9. The van der Waals surface area contributed by atoms with Crippen molar-refractivity contribution in [3.63, 3.8) is 0 Å². The maximum Gasteiger partial charge on any atom is 0.237 e. The average Bonchev–Trinajstić information content (AvgIpc) is 4.13. The summed E-state index contributed by atoms with van der Waals surface area (Å²) in [6, 6.07) is 62.4. The van der Waals surface area contributed by atoms with Crippen LogP contribution in [-0.2, 0) is 0 Å². The summed E-state index contributed by atoms with van der Waals surface area (Å²) in [7, 11) is 0. The number of benzene rings is 10. The minimum atomic E-state index is -0.534. The summed E-state index contributed by atoms with van der Waals surface area (Å²) in [5.74, 6) is 0.345. The molecule has 0 aliphatic rings. The quantitative estimate of drug-likeness (QED) is 0.167. The molecule has 0 radical (unpaired) electrons. The fourth-order valence-corrected chi connectivity index (χ4v) is 11.0. The van der Waals surface area contributed by atoms with Crippen LogP contribution in [0.4, 0.5) is 0 Å². The van der Waals surface area contributed by atoms with E-state index in [9.17, 15) is 5.48 Å². The van der Waals surface area contributed by atoms with Crippen LogP contribution in [0.5, 0.6) is 0 Å². The zero-order valence-corrected chi connectivity index (χ0v) is 37.2. The smallest absolute Gasteiger partial charge is 0.237 e. The van der Waals surface area contributed by atoms with E-state index in [2.05, 4.69) is 135 Å². The Kier molecular flexibility index (Phi) is 6.74. The van der Waals surface area contributed by atoms with Crippen LogP contribution in [0.15, 0.2) is 242 Å². The highest BCUT2D eigenvalue weighted by Crippen LogP contribution is 2.43. The molecule has 0 N–H and O–H groups in total. The number of fused-ring (bicyclic) bond motifs is 12. The molecule has 0 fully saturated rings. The Morgan fingerprint density at radius 3 is 1.24 bits per heavy atom. The van der Waals surface area contributed by atoms with Gasteiger partial charge in [0.1, 0.15) is 5.82 Å². The second-order valence-corrected chi connectivity index (χ2v) is 17.5. The van der Waals surface area contributed by atoms with Gasteiger partial charge in [-0.3, -0.25) is 9.13 Å². The van der Waals surface area contributed by atoms with Gasteiger partial charge >= 0.3 is 0 Å². The molecule has 10 aromatic carbocycles. The summed E-state index contributed by atoms with van der Waals surface area (Å²) in [6.07, 6.45) is 0. The first-order chi connectivity index (χ1) is 38.1. The molecule has 15 aromatic rings. The molecule has 5 aromatic heterocycles. The molecule has 0 unspecified atom stereocenters. The van der Waals surface area contributed by atoms with Crippen LogP contribution in [0.25, 0.3) is 133 Å². The van der Waals surface area contributed by atoms with Gasteiger partial charge in [-0.2, -0.15) is 4.98 Å². The molecule has 5 heterocycles. The van der Waals surface area contributed by atoms with Gasteiger partial charge in [0.05, 0.1) is 66.5 Å². The highest BCUT2D eigenvalue weighted by atomic mass is 15.2. The first kappa shape index (κ1) is 31.5. The Hall–Kier alpha value is -9.52. The molecule has 0 amide bonds. The predicted octanol–water partition coefficient (Wildman–Crippen LogP) is 16.2. The second kappa shape index (κ2) is 15.0. The highest BCUT2D eigenvalue weighted by Gasteiger charge is 2.24. The van der Waals surface area contributed by atoms with Crippen LogP contribution in [0, 0.1) is 0 Å². The Bertz CT molecular complexity index is 4850. The van der Waals surface area contributed by atoms with E-state index in [-0.39, 0.29) is 27.8 Å². The lowest BCUT2D eigenvalue weighted by molar-refractivity contribution is 0.951. The SMILES string of the molecule is [2H]c1c([2H])c([2H])c2c(c1[2H])c1c([2H])c([2H])c([2H])c([2H])c1n2-c1nc(-c2c(-c3ccc(-n4c5ccccc5c5ccccc54)cc3)cccc2-n2c3ccccc3c3ccccc32)cc(-n2c3ccccc3c3ccccc32)n1. The van der Waals surface area contributed by atoms with Gasteiger partial charge in [-0.25, -0.2) is 4.98 Å². The van der Waals surface area contributed by atoms with E-state index in [0.717, 1.165) is 87.9 Å². The van der Waals surface area contributed by atoms with E-state index < -0.39 is 48.3 Å². The number of hydrogen-bond acceptors (Lipinski definition) is 2. The largest absolute Gasteiger partial charge is 0.309 e. The molecule has 15 rings (SSSR count). The zero-order valence-electron chi connectivity index (χ0n) is 45.2. The minimum absolute atomic E-state index is 0.0647. The van der Waals surface area contributed by atoms with Crippen molar-refractivity contribution in [3.05, 3.63) is 242 Å². The van der Waals surface area contributed by atoms with Crippen molar-refractivity contribution < 1.29 is 11.0 Å². The number of aromatic nitrogens is 6. The van der Waals surface area contributed by atoms with Crippen LogP contribution in [0.1, 0.15) is 11.0 Å². The highest BCUT2D eigenvalue weighted by molar-refractivity contribution is 6.13. The normalized spacial score (nSPS) is 13.6.